The second-order valence-electron chi connectivity index (χ2n) is 6.08. The number of nitrogen functional groups attached to an aromatic ring is 1. The predicted molar refractivity (Wildman–Crippen MR) is 90.7 cm³/mol. The third-order valence-corrected chi connectivity index (χ3v) is 5.29. The fourth-order valence-electron chi connectivity index (χ4n) is 2.97. The van der Waals surface area contributed by atoms with E-state index in [9.17, 15) is 10.1 Å². The molecule has 1 fully saturated rings. The molecule has 0 radical (unpaired) electrons. The highest BCUT2D eigenvalue weighted by molar-refractivity contribution is 8.00. The molecule has 2 rings (SSSR count). The molecule has 0 unspecified atom stereocenters. The third-order valence-electron chi connectivity index (χ3n) is 4.34. The smallest absolute Gasteiger partial charge is 0.236 e. The Morgan fingerprint density at radius 1 is 1.43 bits per heavy atom. The summed E-state index contributed by atoms with van der Waals surface area (Å²) < 4.78 is 0. The van der Waals surface area contributed by atoms with E-state index in [1.54, 1.807) is 18.0 Å². The van der Waals surface area contributed by atoms with E-state index in [0.29, 0.717) is 11.0 Å². The van der Waals surface area contributed by atoms with Gasteiger partial charge in [0, 0.05) is 18.8 Å². The monoisotopic (exact) mass is 333 g/mol. The van der Waals surface area contributed by atoms with Crippen LogP contribution in [0.4, 0.5) is 5.82 Å². The minimum absolute atomic E-state index is 0.0675. The lowest BCUT2D eigenvalue weighted by Crippen LogP contribution is -2.52. The number of rotatable bonds is 4. The molecule has 1 amide bonds. The van der Waals surface area contributed by atoms with Gasteiger partial charge in [0.15, 0.2) is 5.16 Å². The zero-order chi connectivity index (χ0) is 17.0. The van der Waals surface area contributed by atoms with Crippen molar-refractivity contribution in [3.63, 3.8) is 0 Å². The van der Waals surface area contributed by atoms with Gasteiger partial charge in [-0.3, -0.25) is 4.79 Å². The number of amides is 1. The van der Waals surface area contributed by atoms with Gasteiger partial charge in [-0.05, 0) is 26.7 Å². The van der Waals surface area contributed by atoms with E-state index >= 15 is 0 Å². The summed E-state index contributed by atoms with van der Waals surface area (Å²) in [6.07, 6.45) is 4.61. The summed E-state index contributed by atoms with van der Waals surface area (Å²) in [5.74, 6) is 0.330. The first-order valence-corrected chi connectivity index (χ1v) is 8.73. The molecule has 124 valence electrons. The fourth-order valence-corrected chi connectivity index (χ4v) is 3.90. The molecule has 1 aromatic rings. The zero-order valence-electron chi connectivity index (χ0n) is 13.9. The summed E-state index contributed by atoms with van der Waals surface area (Å²) >= 11 is 1.28. The summed E-state index contributed by atoms with van der Waals surface area (Å²) in [4.78, 5) is 22.8. The Bertz CT molecular complexity index is 601. The second-order valence-corrected chi connectivity index (χ2v) is 7.39. The normalized spacial score (nSPS) is 18.0. The van der Waals surface area contributed by atoms with Crippen LogP contribution in [0.1, 0.15) is 44.7 Å². The van der Waals surface area contributed by atoms with Gasteiger partial charge in [-0.2, -0.15) is 5.26 Å². The van der Waals surface area contributed by atoms with Crippen molar-refractivity contribution in [1.29, 1.82) is 5.26 Å². The molecular weight excluding hydrogens is 310 g/mol. The molecule has 23 heavy (non-hydrogen) atoms. The largest absolute Gasteiger partial charge is 0.384 e. The Morgan fingerprint density at radius 2 is 2.09 bits per heavy atom. The number of carbonyl (C=O) groups excluding carboxylic acids is 1. The van der Waals surface area contributed by atoms with Crippen LogP contribution < -0.4 is 5.73 Å². The van der Waals surface area contributed by atoms with Crippen molar-refractivity contribution in [1.82, 2.24) is 14.9 Å². The molecule has 0 spiro atoms. The first-order valence-electron chi connectivity index (χ1n) is 7.85. The van der Waals surface area contributed by atoms with Crippen LogP contribution in [-0.2, 0) is 4.79 Å². The van der Waals surface area contributed by atoms with E-state index in [1.807, 2.05) is 13.8 Å². The van der Waals surface area contributed by atoms with E-state index in [4.69, 9.17) is 5.73 Å². The number of aryl methyl sites for hydroxylation is 1. The predicted octanol–water partition coefficient (Wildman–Crippen LogP) is 2.53. The zero-order valence-corrected chi connectivity index (χ0v) is 14.7. The minimum atomic E-state index is -0.670. The Labute approximate surface area is 141 Å². The molecule has 0 aromatic carbocycles. The van der Waals surface area contributed by atoms with Crippen LogP contribution in [0.5, 0.6) is 0 Å². The van der Waals surface area contributed by atoms with E-state index < -0.39 is 5.54 Å². The maximum absolute atomic E-state index is 12.7. The first-order chi connectivity index (χ1) is 10.9. The fraction of sp³-hybridized carbons (Fsp3) is 0.625. The van der Waals surface area contributed by atoms with Gasteiger partial charge >= 0.3 is 0 Å². The molecule has 1 heterocycles. The van der Waals surface area contributed by atoms with Crippen LogP contribution in [0.15, 0.2) is 11.2 Å². The molecule has 0 bridgehead atoms. The number of nitrogens with two attached hydrogens (primary N) is 1. The topological polar surface area (TPSA) is 95.9 Å². The number of thioether (sulfide) groups is 1. The molecule has 2 N–H and O–H groups in total. The van der Waals surface area contributed by atoms with Crippen molar-refractivity contribution in [2.75, 3.05) is 12.8 Å². The maximum Gasteiger partial charge on any atom is 0.236 e. The van der Waals surface area contributed by atoms with Crippen molar-refractivity contribution in [2.45, 2.75) is 61.9 Å². The summed E-state index contributed by atoms with van der Waals surface area (Å²) in [5.41, 5.74) is 5.83. The highest BCUT2D eigenvalue weighted by Crippen LogP contribution is 2.34. The van der Waals surface area contributed by atoms with Crippen molar-refractivity contribution in [3.05, 3.63) is 11.8 Å². The minimum Gasteiger partial charge on any atom is -0.384 e. The van der Waals surface area contributed by atoms with Crippen LogP contribution in [0.25, 0.3) is 0 Å². The maximum atomic E-state index is 12.7. The van der Waals surface area contributed by atoms with Crippen LogP contribution in [0.3, 0.4) is 0 Å². The van der Waals surface area contributed by atoms with Crippen LogP contribution in [0.2, 0.25) is 0 Å². The Morgan fingerprint density at radius 3 is 2.65 bits per heavy atom. The van der Waals surface area contributed by atoms with Gasteiger partial charge in [-0.1, -0.05) is 31.0 Å². The Balaban J connectivity index is 2.10. The molecule has 1 aromatic heterocycles. The lowest BCUT2D eigenvalue weighted by Gasteiger charge is -2.40. The highest BCUT2D eigenvalue weighted by Gasteiger charge is 2.40. The number of carbonyl (C=O) groups is 1. The SMILES string of the molecule is Cc1cc(N)nc(S[C@@H](C)C(=O)N(C)C2(C#N)CCCCC2)n1. The van der Waals surface area contributed by atoms with Crippen molar-refractivity contribution >= 4 is 23.5 Å². The summed E-state index contributed by atoms with van der Waals surface area (Å²) in [7, 11) is 1.74. The summed E-state index contributed by atoms with van der Waals surface area (Å²) in [5, 5.41) is 9.74. The first kappa shape index (κ1) is 17.5. The average Bonchev–Trinajstić information content (AvgIpc) is 2.53. The number of hydrogen-bond donors (Lipinski definition) is 1. The second kappa shape index (κ2) is 7.18. The Hall–Kier alpha value is -1.81. The van der Waals surface area contributed by atoms with E-state index in [1.165, 1.54) is 11.8 Å². The number of nitriles is 1. The quantitative estimate of drug-likeness (QED) is 0.672. The van der Waals surface area contributed by atoms with Gasteiger partial charge < -0.3 is 10.6 Å². The number of aromatic nitrogens is 2. The number of anilines is 1. The molecular formula is C16H23N5OS. The molecule has 1 saturated carbocycles. The third kappa shape index (κ3) is 3.94. The van der Waals surface area contributed by atoms with Gasteiger partial charge in [0.05, 0.1) is 11.3 Å². The van der Waals surface area contributed by atoms with E-state index in [-0.39, 0.29) is 11.2 Å². The molecule has 1 aliphatic rings. The highest BCUT2D eigenvalue weighted by atomic mass is 32.2. The molecule has 6 nitrogen and oxygen atoms in total. The van der Waals surface area contributed by atoms with Crippen molar-refractivity contribution in [2.24, 2.45) is 0 Å². The van der Waals surface area contributed by atoms with Gasteiger partial charge in [0.1, 0.15) is 11.4 Å². The molecule has 1 aliphatic carbocycles. The molecule has 7 heteroatoms. The molecule has 1 atom stereocenters. The van der Waals surface area contributed by atoms with Gasteiger partial charge in [-0.25, -0.2) is 9.97 Å². The van der Waals surface area contributed by atoms with E-state index in [2.05, 4.69) is 16.0 Å². The van der Waals surface area contributed by atoms with Gasteiger partial charge in [-0.15, -0.1) is 0 Å². The van der Waals surface area contributed by atoms with E-state index in [0.717, 1.165) is 37.8 Å². The van der Waals surface area contributed by atoms with Crippen molar-refractivity contribution < 1.29 is 4.79 Å². The van der Waals surface area contributed by atoms with Crippen LogP contribution in [-0.4, -0.2) is 38.6 Å². The lowest BCUT2D eigenvalue weighted by molar-refractivity contribution is -0.133. The standard InChI is InChI=1S/C16H23N5OS/c1-11-9-13(18)20-15(19-11)23-12(2)14(22)21(3)16(10-17)7-5-4-6-8-16/h9,12H,4-8H2,1-3H3,(H2,18,19,20)/t12-/m0/s1. The van der Waals surface area contributed by atoms with Crippen LogP contribution >= 0.6 is 11.8 Å². The van der Waals surface area contributed by atoms with Gasteiger partial charge in [0.25, 0.3) is 0 Å². The summed E-state index contributed by atoms with van der Waals surface area (Å²) in [6.45, 7) is 3.66. The number of nitrogens with zero attached hydrogens (tertiary/aromatic N) is 4. The number of hydrogen-bond acceptors (Lipinski definition) is 6. The van der Waals surface area contributed by atoms with Crippen molar-refractivity contribution in [3.8, 4) is 6.07 Å². The van der Waals surface area contributed by atoms with Crippen LogP contribution in [0, 0.1) is 18.3 Å². The summed E-state index contributed by atoms with van der Waals surface area (Å²) in [6, 6.07) is 4.07. The lowest BCUT2D eigenvalue weighted by atomic mass is 9.81. The average molecular weight is 333 g/mol. The van der Waals surface area contributed by atoms with Gasteiger partial charge in [0.2, 0.25) is 5.91 Å². The Kier molecular flexibility index (Phi) is 5.47. The molecule has 0 aliphatic heterocycles. The molecule has 0 saturated heterocycles.